The van der Waals surface area contributed by atoms with Crippen molar-refractivity contribution in [2.45, 2.75) is 287 Å². The summed E-state index contributed by atoms with van der Waals surface area (Å²) in [7, 11) is 6.26. The van der Waals surface area contributed by atoms with Gasteiger partial charge in [0.1, 0.15) is 47.7 Å². The molecule has 16 aliphatic rings. The van der Waals surface area contributed by atoms with Gasteiger partial charge < -0.3 is 60.7 Å². The van der Waals surface area contributed by atoms with Crippen LogP contribution in [-0.4, -0.2) is 329 Å². The Morgan fingerprint density at radius 2 is 1.05 bits per heavy atom. The highest BCUT2D eigenvalue weighted by Crippen LogP contribution is 2.51. The summed E-state index contributed by atoms with van der Waals surface area (Å²) < 4.78 is 102. The summed E-state index contributed by atoms with van der Waals surface area (Å²) in [5.41, 5.74) is 17.3. The number of anilines is 2. The lowest BCUT2D eigenvalue weighted by Gasteiger charge is -2.60. The lowest BCUT2D eigenvalue weighted by molar-refractivity contribution is -0.133. The van der Waals surface area contributed by atoms with Gasteiger partial charge in [-0.3, -0.25) is 54.4 Å². The lowest BCUT2D eigenvalue weighted by Crippen LogP contribution is -2.80. The van der Waals surface area contributed by atoms with Crippen LogP contribution in [0.1, 0.15) is 170 Å². The molecule has 39 heteroatoms. The van der Waals surface area contributed by atoms with Crippen LogP contribution in [0.25, 0.3) is 39.2 Å². The van der Waals surface area contributed by atoms with Crippen LogP contribution in [0.15, 0.2) is 115 Å². The van der Waals surface area contributed by atoms with Gasteiger partial charge in [0.15, 0.2) is 11.5 Å². The minimum Gasteiger partial charge on any atom is -0.371 e. The number of hydrazine groups is 4. The second-order valence-corrected chi connectivity index (χ2v) is 44.2. The first-order valence-corrected chi connectivity index (χ1v) is 52.6. The van der Waals surface area contributed by atoms with Crippen LogP contribution in [0.3, 0.4) is 0 Å². The third kappa shape index (κ3) is 19.2. The number of rotatable bonds is 9. The molecule has 4 saturated carbocycles. The zero-order valence-electron chi connectivity index (χ0n) is 84.8. The van der Waals surface area contributed by atoms with E-state index in [0.29, 0.717) is 120 Å². The van der Waals surface area contributed by atoms with E-state index in [2.05, 4.69) is 176 Å². The summed E-state index contributed by atoms with van der Waals surface area (Å²) in [5, 5.41) is 27.1. The maximum Gasteiger partial charge on any atom is 0.355 e. The minimum atomic E-state index is -1.29. The average Bonchev–Trinajstić information content (AvgIpc) is 1.34. The largest absolute Gasteiger partial charge is 0.371 e. The summed E-state index contributed by atoms with van der Waals surface area (Å²) in [4.78, 5) is 113. The molecule has 143 heavy (non-hydrogen) atoms. The first-order chi connectivity index (χ1) is 68.7. The van der Waals surface area contributed by atoms with Crippen molar-refractivity contribution in [2.75, 3.05) is 109 Å². The Morgan fingerprint density at radius 1 is 0.538 bits per heavy atom. The number of fused-ring (bicyclic) bond motifs is 22. The Hall–Kier alpha value is -10.4. The van der Waals surface area contributed by atoms with Gasteiger partial charge in [0.25, 0.3) is 0 Å². The number of hydrogen-bond acceptors (Lipinski definition) is 24. The van der Waals surface area contributed by atoms with Crippen LogP contribution in [0.5, 0.6) is 0 Å². The molecule has 25 atom stereocenters. The predicted octanol–water partition coefficient (Wildman–Crippen LogP) is 10.2. The number of carbonyl (C=O) groups excluding carboxylic acids is 5. The third-order valence-electron chi connectivity index (χ3n) is 34.9. The Morgan fingerprint density at radius 3 is 1.58 bits per heavy atom. The average molecular weight is 1990 g/mol. The molecule has 3 aromatic heterocycles. The Balaban J connectivity index is 0.000000136. The molecule has 0 spiro atoms. The van der Waals surface area contributed by atoms with Gasteiger partial charge in [-0.2, -0.15) is 4.98 Å². The number of amides is 7. The van der Waals surface area contributed by atoms with Crippen molar-refractivity contribution in [1.82, 2.24) is 127 Å². The van der Waals surface area contributed by atoms with Crippen molar-refractivity contribution in [3.8, 4) is 28.2 Å². The Bertz CT molecular complexity index is 5690. The van der Waals surface area contributed by atoms with E-state index < -0.39 is 90.6 Å². The highest BCUT2D eigenvalue weighted by Gasteiger charge is 2.62. The van der Waals surface area contributed by atoms with Gasteiger partial charge in [0.05, 0.1) is 84.0 Å². The van der Waals surface area contributed by atoms with E-state index in [1.165, 1.54) is 41.0 Å². The van der Waals surface area contributed by atoms with Crippen LogP contribution in [0.2, 0.25) is 0 Å². The molecule has 776 valence electrons. The standard InChI is InChI=1S/C35H35F2N9O2.C35H57F2N9O2.C34H55F2N9O2/c1-6-29(47)43-14-16-45(21(4)18-43)33-24-17-26(37)31-30-23(10-7-11-25(30)36)27-19-44(41-40-27)15-13-42(5)28-12-8-9-22(20(2)3)32(28)46(34(24)38-31)35(48)39-33;1-6-29(47)43-15-16-44(21(4)18-43)33-24-17-26(37)31-30-25(36)10-8-11-27(30)45-19-22(40-41-45)13-14-42(5)28-12-7-9-23(20(2)3)32(28)46(34(24)38-31)35(48)39-33;1-6-28(46)42-13-14-43(20(4)16-42)32-23-15-25(36)30-29-24(35)10-8-11-26(29)44-18-21(39-40-44)17-41(5)27-12-7-9-22(19(2)3)31(27)45(33(23)37-30)34(47)38-32/h6-12,17,19-21H,1,13-16,18H2,2-5H3;6,19-21,23-28,30-34,38,40-41H,1,7-18H2,2-5H3,(H,39,48);6,18-20,22-27,29-33,37,39-40H,1,7-17H2,2-5H3,(H,38,47)/t21-;21-,23?,24?,25?,26?,27?,28?,30?,31?,32?,33?,34?;20-,22?,23?,24?,25?,26?,27?,29?,30?,31?,32?,33?/m000/s1. The van der Waals surface area contributed by atoms with E-state index >= 15 is 26.3 Å². The molecule has 21 rings (SSSR count). The summed E-state index contributed by atoms with van der Waals surface area (Å²) in [6, 6.07) is 9.04. The fraction of sp³-hybridized carbons (Fsp3) is 0.654. The third-order valence-corrected chi connectivity index (χ3v) is 34.9. The molecule has 7 saturated heterocycles. The number of nitrogens with zero attached hydrogens (tertiary/aromatic N) is 19. The molecule has 7 amide bonds. The van der Waals surface area contributed by atoms with Gasteiger partial charge in [-0.25, -0.2) is 50.3 Å². The molecule has 5 aromatic rings. The van der Waals surface area contributed by atoms with E-state index in [0.717, 1.165) is 99.8 Å². The van der Waals surface area contributed by atoms with E-state index in [9.17, 15) is 28.8 Å². The number of para-hydroxylation sites is 1. The van der Waals surface area contributed by atoms with Gasteiger partial charge in [-0.1, -0.05) is 104 Å². The summed E-state index contributed by atoms with van der Waals surface area (Å²) in [5.74, 6) is -2.08. The van der Waals surface area contributed by atoms with E-state index in [1.807, 2.05) is 65.8 Å². The number of nitrogens with one attached hydrogen (secondary N) is 8. The number of benzene rings is 2. The van der Waals surface area contributed by atoms with Crippen LogP contribution >= 0.6 is 0 Å². The molecule has 2 aromatic carbocycles. The smallest absolute Gasteiger partial charge is 0.355 e. The monoisotopic (exact) mass is 1980 g/mol. The topological polar surface area (TPSA) is 302 Å². The Labute approximate surface area is 835 Å². The molecule has 12 aliphatic heterocycles. The molecule has 15 heterocycles. The minimum absolute atomic E-state index is 0.0136. The summed E-state index contributed by atoms with van der Waals surface area (Å²) in [6.45, 7) is 36.7. The van der Waals surface area contributed by atoms with Crippen molar-refractivity contribution in [3.05, 3.63) is 138 Å². The number of carbonyl (C=O) groups is 5. The fourth-order valence-corrected chi connectivity index (χ4v) is 27.8. The summed E-state index contributed by atoms with van der Waals surface area (Å²) in [6.07, 6.45) is 14.5. The SMILES string of the molecule is C=CC(=O)N1CCN(C2NC(=O)N3C4NC(C(F)CC42)C2C(F)CCCC2N2C=C(CCN(C)C4CCCC(C(C)C)C43)NN2)[C@@H](C)C1.C=CC(=O)N1CCN(C2NC(=O)N3C4NC(C(F)CC42)C2C(F)CCCC2N2C=C(CN(C)C4CCCC(C(C)C)C43)NN2)[C@@H](C)C1.C=CC(=O)N1CCN(c2nc(=O)n3c4nc(c(F)cc24)-c2c(F)cccc2-c2cn(nn2)CCN(C)c2cccc(C(C)C)c2-3)[C@@H](C)C1. The number of likely N-dealkylation sites (N-methyl/N-ethyl adjacent to an activating group) is 3. The second-order valence-electron chi connectivity index (χ2n) is 44.2. The van der Waals surface area contributed by atoms with Gasteiger partial charge in [0.2, 0.25) is 17.7 Å². The molecule has 22 unspecified atom stereocenters. The Kier molecular flexibility index (Phi) is 29.6. The van der Waals surface area contributed by atoms with Crippen molar-refractivity contribution in [3.63, 3.8) is 0 Å². The first kappa shape index (κ1) is 101. The first-order valence-electron chi connectivity index (χ1n) is 52.6. The molecular weight excluding hydrogens is 1840 g/mol. The van der Waals surface area contributed by atoms with Crippen molar-refractivity contribution < 1.29 is 50.3 Å². The number of alkyl halides is 4. The highest BCUT2D eigenvalue weighted by atomic mass is 19.2. The number of urea groups is 2. The van der Waals surface area contributed by atoms with Crippen LogP contribution < -0.4 is 58.7 Å². The zero-order valence-corrected chi connectivity index (χ0v) is 84.8. The van der Waals surface area contributed by atoms with E-state index in [1.54, 1.807) is 31.6 Å². The normalized spacial score (nSPS) is 33.9. The van der Waals surface area contributed by atoms with Crippen LogP contribution in [0, 0.1) is 59.0 Å². The molecule has 0 radical (unpaired) electrons. The molecule has 33 nitrogen and oxygen atoms in total. The van der Waals surface area contributed by atoms with E-state index in [-0.39, 0.29) is 155 Å². The van der Waals surface area contributed by atoms with Crippen LogP contribution in [-0.2, 0) is 20.9 Å². The maximum absolute atomic E-state index is 16.9. The second kappa shape index (κ2) is 41.8. The van der Waals surface area contributed by atoms with Crippen LogP contribution in [0.4, 0.5) is 47.4 Å². The fourth-order valence-electron chi connectivity index (χ4n) is 27.8. The molecule has 8 N–H and O–H groups in total. The quantitative estimate of drug-likeness (QED) is 0.0502. The number of hydrogen-bond donors (Lipinski definition) is 8. The van der Waals surface area contributed by atoms with Gasteiger partial charge >= 0.3 is 17.8 Å². The maximum atomic E-state index is 16.9. The van der Waals surface area contributed by atoms with Crippen molar-refractivity contribution in [1.29, 1.82) is 0 Å². The number of aromatic nitrogens is 6. The molecule has 4 aliphatic carbocycles. The molecule has 11 fully saturated rings. The lowest BCUT2D eigenvalue weighted by atomic mass is 9.70. The zero-order chi connectivity index (χ0) is 101. The number of piperidine rings is 2. The number of halogens is 6. The predicted molar refractivity (Wildman–Crippen MR) is 536 cm³/mol. The number of pyridine rings is 1. The van der Waals surface area contributed by atoms with Crippen molar-refractivity contribution >= 4 is 52.3 Å². The van der Waals surface area contributed by atoms with Crippen molar-refractivity contribution in [2.24, 2.45) is 47.3 Å². The van der Waals surface area contributed by atoms with Gasteiger partial charge in [0, 0.05) is 187 Å². The highest BCUT2D eigenvalue weighted by molar-refractivity contribution is 5.94. The van der Waals surface area contributed by atoms with Gasteiger partial charge in [-0.15, -0.1) is 16.2 Å². The molecule has 12 bridgehead atoms. The van der Waals surface area contributed by atoms with Gasteiger partial charge in [-0.05, 0) is 183 Å². The number of piperazine rings is 3. The van der Waals surface area contributed by atoms with E-state index in [4.69, 9.17) is 4.98 Å². The summed E-state index contributed by atoms with van der Waals surface area (Å²) >= 11 is 0. The molecular formula is C104H147F6N27O6.